The molecule has 0 saturated heterocycles. The number of rotatable bonds is 8. The maximum absolute atomic E-state index is 12.9. The van der Waals surface area contributed by atoms with Crippen molar-refractivity contribution in [2.45, 2.75) is 35.7 Å². The minimum absolute atomic E-state index is 0.321. The van der Waals surface area contributed by atoms with Crippen LogP contribution in [0, 0.1) is 0 Å². The number of halogens is 1. The van der Waals surface area contributed by atoms with Crippen LogP contribution in [0.5, 0.6) is 23.0 Å². The van der Waals surface area contributed by atoms with Crippen molar-refractivity contribution >= 4 is 51.8 Å². The van der Waals surface area contributed by atoms with E-state index in [1.165, 1.54) is 28.3 Å². The van der Waals surface area contributed by atoms with Crippen molar-refractivity contribution < 1.29 is 23.4 Å². The molecule has 1 aromatic heterocycles. The minimum atomic E-state index is -0.507. The minimum Gasteiger partial charge on any atom is -0.497 e. The Morgan fingerprint density at radius 2 is 1.60 bits per heavy atom. The molecule has 260 valence electrons. The van der Waals surface area contributed by atoms with Crippen LogP contribution < -0.4 is 29.5 Å². The van der Waals surface area contributed by atoms with Gasteiger partial charge in [0.15, 0.2) is 0 Å². The second kappa shape index (κ2) is 14.7. The van der Waals surface area contributed by atoms with Crippen molar-refractivity contribution in [1.29, 1.82) is 0 Å². The predicted molar refractivity (Wildman–Crippen MR) is 204 cm³/mol. The number of benzene rings is 4. The lowest BCUT2D eigenvalue weighted by Gasteiger charge is -2.33. The molecule has 7 rings (SSSR count). The zero-order valence-corrected chi connectivity index (χ0v) is 30.9. The summed E-state index contributed by atoms with van der Waals surface area (Å²) in [6.45, 7) is 5.99. The number of ether oxygens (including phenoxy) is 4. The number of fused-ring (bicyclic) bond motifs is 4. The topological polar surface area (TPSA) is 73.6 Å². The van der Waals surface area contributed by atoms with E-state index in [9.17, 15) is 4.79 Å². The molecule has 0 amide bonds. The van der Waals surface area contributed by atoms with Gasteiger partial charge in [0.1, 0.15) is 45.1 Å². The largest absolute Gasteiger partial charge is 0.497 e. The molecule has 0 bridgehead atoms. The molecular weight excluding hydrogens is 672 g/mol. The summed E-state index contributed by atoms with van der Waals surface area (Å²) in [6, 6.07) is 23.6. The first kappa shape index (κ1) is 35.3. The lowest BCUT2D eigenvalue weighted by molar-refractivity contribution is 0.158. The van der Waals surface area contributed by atoms with E-state index in [2.05, 4.69) is 60.3 Å². The van der Waals surface area contributed by atoms with E-state index >= 15 is 0 Å². The van der Waals surface area contributed by atoms with Crippen LogP contribution in [-0.4, -0.2) is 59.0 Å². The Hall–Kier alpha value is -4.57. The lowest BCUT2D eigenvalue weighted by Crippen LogP contribution is -2.27. The highest BCUT2D eigenvalue weighted by atomic mass is 35.5. The highest BCUT2D eigenvalue weighted by Gasteiger charge is 2.29. The first-order valence-corrected chi connectivity index (χ1v) is 17.5. The van der Waals surface area contributed by atoms with Crippen LogP contribution in [0.4, 0.5) is 11.4 Å². The van der Waals surface area contributed by atoms with Crippen LogP contribution in [0.25, 0.3) is 28.2 Å². The van der Waals surface area contributed by atoms with Crippen molar-refractivity contribution in [1.82, 2.24) is 4.90 Å². The molecule has 4 aromatic carbocycles. The Kier molecular flexibility index (Phi) is 10.4. The van der Waals surface area contributed by atoms with Gasteiger partial charge in [-0.1, -0.05) is 47.6 Å². The smallest absolute Gasteiger partial charge is 0.347 e. The summed E-state index contributed by atoms with van der Waals surface area (Å²) in [5.41, 5.74) is 3.62. The third kappa shape index (κ3) is 7.17. The summed E-state index contributed by atoms with van der Waals surface area (Å²) in [4.78, 5) is 20.1. The standard InChI is InChI=1S/C23H22O6.C17H19ClN2S/c1-23(2)11-10-15-16(29-23)12-17-19(20(15)26-4)21(27-5)18(22(24)28-17)13-6-8-14(25-3)9-7-13;1-19(2)10-5-11-20-14-6-3-4-7-16(14)21-17-9-8-13(18)12-15(17)20/h6-12H,1-5H3;3-4,6-9,12H,5,10-11H2,1-2H3. The van der Waals surface area contributed by atoms with Crippen molar-refractivity contribution in [3.8, 4) is 34.1 Å². The molecule has 0 spiro atoms. The number of methoxy groups -OCH3 is 3. The summed E-state index contributed by atoms with van der Waals surface area (Å²) in [5, 5.41) is 1.37. The number of anilines is 2. The molecule has 0 radical (unpaired) electrons. The zero-order chi connectivity index (χ0) is 35.6. The van der Waals surface area contributed by atoms with Gasteiger partial charge in [0.2, 0.25) is 0 Å². The molecule has 0 unspecified atom stereocenters. The van der Waals surface area contributed by atoms with E-state index in [1.807, 2.05) is 43.8 Å². The SMILES string of the molecule is CN(C)CCCN1c2ccccc2Sc2ccc(Cl)cc21.COc1ccc(-c2c(OC)c3c(OC)c4c(cc3oc2=O)OC(C)(C)C=C4)cc1. The summed E-state index contributed by atoms with van der Waals surface area (Å²) < 4.78 is 28.3. The normalized spacial score (nSPS) is 13.8. The third-order valence-electron chi connectivity index (χ3n) is 8.49. The van der Waals surface area contributed by atoms with Crippen LogP contribution in [0.1, 0.15) is 25.8 Å². The van der Waals surface area contributed by atoms with Crippen LogP contribution in [-0.2, 0) is 0 Å². The third-order valence-corrected chi connectivity index (χ3v) is 9.86. The van der Waals surface area contributed by atoms with E-state index < -0.39 is 11.2 Å². The van der Waals surface area contributed by atoms with Gasteiger partial charge >= 0.3 is 5.63 Å². The molecule has 8 nitrogen and oxygen atoms in total. The number of para-hydroxylation sites is 1. The summed E-state index contributed by atoms with van der Waals surface area (Å²) in [5.74, 6) is 2.19. The monoisotopic (exact) mass is 712 g/mol. The molecule has 0 N–H and O–H groups in total. The Labute approximate surface area is 302 Å². The molecule has 5 aromatic rings. The second-order valence-corrected chi connectivity index (χ2v) is 14.3. The average Bonchev–Trinajstić information content (AvgIpc) is 3.09. The fraction of sp³-hybridized carbons (Fsp3) is 0.275. The number of nitrogens with zero attached hydrogens (tertiary/aromatic N) is 2. The summed E-state index contributed by atoms with van der Waals surface area (Å²) in [7, 11) is 8.91. The Bertz CT molecular complexity index is 2110. The van der Waals surface area contributed by atoms with Gasteiger partial charge < -0.3 is 33.2 Å². The molecule has 3 heterocycles. The van der Waals surface area contributed by atoms with E-state index in [4.69, 9.17) is 35.0 Å². The first-order chi connectivity index (χ1) is 24.0. The second-order valence-electron chi connectivity index (χ2n) is 12.8. The highest BCUT2D eigenvalue weighted by Crippen LogP contribution is 2.49. The molecule has 0 saturated carbocycles. The van der Waals surface area contributed by atoms with Crippen molar-refractivity contribution in [2.24, 2.45) is 0 Å². The Morgan fingerprint density at radius 3 is 2.30 bits per heavy atom. The van der Waals surface area contributed by atoms with Gasteiger partial charge in [-0.3, -0.25) is 0 Å². The van der Waals surface area contributed by atoms with Crippen LogP contribution in [0.3, 0.4) is 0 Å². The van der Waals surface area contributed by atoms with Crippen LogP contribution in [0.15, 0.2) is 97.9 Å². The molecule has 50 heavy (non-hydrogen) atoms. The molecule has 0 atom stereocenters. The first-order valence-electron chi connectivity index (χ1n) is 16.3. The molecule has 2 aliphatic heterocycles. The van der Waals surface area contributed by atoms with Gasteiger partial charge in [-0.2, -0.15) is 0 Å². The fourth-order valence-corrected chi connectivity index (χ4v) is 7.39. The molecule has 0 fully saturated rings. The Balaban J connectivity index is 0.000000182. The van der Waals surface area contributed by atoms with Gasteiger partial charge in [-0.15, -0.1) is 0 Å². The number of hydrogen-bond acceptors (Lipinski definition) is 9. The van der Waals surface area contributed by atoms with Crippen molar-refractivity contribution in [2.75, 3.05) is 53.4 Å². The summed E-state index contributed by atoms with van der Waals surface area (Å²) in [6.07, 6.45) is 5.03. The van der Waals surface area contributed by atoms with Gasteiger partial charge in [-0.25, -0.2) is 4.79 Å². The van der Waals surface area contributed by atoms with Gasteiger partial charge in [0.05, 0.1) is 38.3 Å². The molecule has 0 aliphatic carbocycles. The van der Waals surface area contributed by atoms with E-state index in [-0.39, 0.29) is 0 Å². The maximum Gasteiger partial charge on any atom is 0.347 e. The van der Waals surface area contributed by atoms with E-state index in [1.54, 1.807) is 44.6 Å². The molecular formula is C40H41ClN2O6S. The van der Waals surface area contributed by atoms with Crippen molar-refractivity contribution in [3.63, 3.8) is 0 Å². The van der Waals surface area contributed by atoms with Gasteiger partial charge in [-0.05, 0) is 101 Å². The van der Waals surface area contributed by atoms with E-state index in [0.29, 0.717) is 45.1 Å². The zero-order valence-electron chi connectivity index (χ0n) is 29.3. The van der Waals surface area contributed by atoms with E-state index in [0.717, 1.165) is 30.1 Å². The number of hydrogen-bond donors (Lipinski definition) is 0. The van der Waals surface area contributed by atoms with Gasteiger partial charge in [0.25, 0.3) is 0 Å². The highest BCUT2D eigenvalue weighted by molar-refractivity contribution is 7.99. The summed E-state index contributed by atoms with van der Waals surface area (Å²) >= 11 is 8.03. The maximum atomic E-state index is 12.9. The predicted octanol–water partition coefficient (Wildman–Crippen LogP) is 9.56. The molecule has 10 heteroatoms. The Morgan fingerprint density at radius 1 is 0.880 bits per heavy atom. The fourth-order valence-electron chi connectivity index (χ4n) is 6.15. The van der Waals surface area contributed by atoms with Crippen LogP contribution in [0.2, 0.25) is 5.02 Å². The average molecular weight is 713 g/mol. The van der Waals surface area contributed by atoms with Crippen LogP contribution >= 0.6 is 23.4 Å². The quantitative estimate of drug-likeness (QED) is 0.146. The molecule has 2 aliphatic rings. The van der Waals surface area contributed by atoms with Gasteiger partial charge in [0, 0.05) is 27.4 Å². The lowest BCUT2D eigenvalue weighted by atomic mass is 9.98. The van der Waals surface area contributed by atoms with Crippen molar-refractivity contribution in [3.05, 3.63) is 99.9 Å².